The molecule has 102 valence electrons. The van der Waals surface area contributed by atoms with Crippen molar-refractivity contribution in [3.8, 4) is 0 Å². The highest BCUT2D eigenvalue weighted by molar-refractivity contribution is 9.10. The van der Waals surface area contributed by atoms with E-state index in [1.54, 1.807) is 0 Å². The molecule has 1 amide bonds. The predicted octanol–water partition coefficient (Wildman–Crippen LogP) is 1.83. The van der Waals surface area contributed by atoms with Crippen molar-refractivity contribution in [2.24, 2.45) is 11.7 Å². The summed E-state index contributed by atoms with van der Waals surface area (Å²) in [5, 5.41) is 0. The lowest BCUT2D eigenvalue weighted by molar-refractivity contribution is -0.121. The molecule has 2 unspecified atom stereocenters. The summed E-state index contributed by atoms with van der Waals surface area (Å²) >= 11 is 3.35. The third-order valence-corrected chi connectivity index (χ3v) is 4.21. The van der Waals surface area contributed by atoms with Gasteiger partial charge in [0, 0.05) is 16.6 Å². The van der Waals surface area contributed by atoms with Gasteiger partial charge < -0.3 is 5.73 Å². The Hall–Kier alpha value is -1.20. The van der Waals surface area contributed by atoms with Crippen LogP contribution < -0.4 is 5.73 Å². The summed E-state index contributed by atoms with van der Waals surface area (Å²) in [5.41, 5.74) is 6.00. The van der Waals surface area contributed by atoms with Gasteiger partial charge in [-0.2, -0.15) is 0 Å². The van der Waals surface area contributed by atoms with E-state index in [0.717, 1.165) is 17.4 Å². The highest BCUT2D eigenvalue weighted by Gasteiger charge is 2.32. The van der Waals surface area contributed by atoms with Crippen molar-refractivity contribution in [2.75, 3.05) is 13.1 Å². The quantitative estimate of drug-likeness (QED) is 0.859. The summed E-state index contributed by atoms with van der Waals surface area (Å²) in [6.45, 7) is 3.21. The van der Waals surface area contributed by atoms with Crippen molar-refractivity contribution in [1.82, 2.24) is 4.90 Å². The van der Waals surface area contributed by atoms with Gasteiger partial charge in [0.1, 0.15) is 0 Å². The Balaban J connectivity index is 2.04. The molecule has 2 rings (SSSR count). The number of Topliss-reactive ketones (excluding diaryl/α,β-unsaturated/α-hetero) is 1. The lowest BCUT2D eigenvalue weighted by atomic mass is 10.0. The van der Waals surface area contributed by atoms with Crippen molar-refractivity contribution in [1.29, 1.82) is 0 Å². The van der Waals surface area contributed by atoms with Crippen LogP contribution in [-0.2, 0) is 4.79 Å². The molecule has 19 heavy (non-hydrogen) atoms. The zero-order valence-corrected chi connectivity index (χ0v) is 12.4. The summed E-state index contributed by atoms with van der Waals surface area (Å²) in [4.78, 5) is 25.5. The minimum Gasteiger partial charge on any atom is -0.369 e. The summed E-state index contributed by atoms with van der Waals surface area (Å²) in [5.74, 6) is -0.316. The van der Waals surface area contributed by atoms with E-state index in [0.29, 0.717) is 12.1 Å². The van der Waals surface area contributed by atoms with Crippen LogP contribution in [0.3, 0.4) is 0 Å². The van der Waals surface area contributed by atoms with Gasteiger partial charge in [-0.25, -0.2) is 0 Å². The molecular formula is C14H17BrN2O2. The molecule has 0 aliphatic carbocycles. The maximum absolute atomic E-state index is 12.3. The number of carbonyl (C=O) groups is 2. The predicted molar refractivity (Wildman–Crippen MR) is 76.8 cm³/mol. The first-order valence-corrected chi connectivity index (χ1v) is 7.11. The summed E-state index contributed by atoms with van der Waals surface area (Å²) < 4.78 is 0.951. The van der Waals surface area contributed by atoms with Crippen LogP contribution in [0, 0.1) is 5.92 Å². The number of amides is 1. The SMILES string of the molecule is CC(C(=O)c1ccc(Br)cc1)N1CCC(C(N)=O)C1. The highest BCUT2D eigenvalue weighted by Crippen LogP contribution is 2.21. The minimum absolute atomic E-state index is 0.0811. The van der Waals surface area contributed by atoms with Gasteiger partial charge in [0.15, 0.2) is 5.78 Å². The maximum Gasteiger partial charge on any atom is 0.221 e. The van der Waals surface area contributed by atoms with E-state index >= 15 is 0 Å². The number of hydrogen-bond acceptors (Lipinski definition) is 3. The molecule has 2 atom stereocenters. The second kappa shape index (κ2) is 5.84. The molecule has 1 aromatic carbocycles. The monoisotopic (exact) mass is 324 g/mol. The van der Waals surface area contributed by atoms with Gasteiger partial charge in [-0.15, -0.1) is 0 Å². The van der Waals surface area contributed by atoms with Crippen LogP contribution in [0.1, 0.15) is 23.7 Å². The van der Waals surface area contributed by atoms with Crippen molar-refractivity contribution < 1.29 is 9.59 Å². The number of hydrogen-bond donors (Lipinski definition) is 1. The van der Waals surface area contributed by atoms with Crippen molar-refractivity contribution >= 4 is 27.6 Å². The van der Waals surface area contributed by atoms with Crippen LogP contribution >= 0.6 is 15.9 Å². The van der Waals surface area contributed by atoms with Crippen LogP contribution in [0.15, 0.2) is 28.7 Å². The molecule has 0 radical (unpaired) electrons. The number of carbonyl (C=O) groups excluding carboxylic acids is 2. The van der Waals surface area contributed by atoms with Gasteiger partial charge in [0.25, 0.3) is 0 Å². The third-order valence-electron chi connectivity index (χ3n) is 3.68. The Morgan fingerprint density at radius 1 is 1.37 bits per heavy atom. The first-order valence-electron chi connectivity index (χ1n) is 6.32. The number of halogens is 1. The largest absolute Gasteiger partial charge is 0.369 e. The molecule has 1 aliphatic heterocycles. The fraction of sp³-hybridized carbons (Fsp3) is 0.429. The molecule has 1 aromatic rings. The number of rotatable bonds is 4. The van der Waals surface area contributed by atoms with Crippen molar-refractivity contribution in [3.63, 3.8) is 0 Å². The molecule has 1 heterocycles. The molecule has 1 aliphatic rings. The standard InChI is InChI=1S/C14H17BrN2O2/c1-9(17-7-6-11(8-17)14(16)19)13(18)10-2-4-12(15)5-3-10/h2-5,9,11H,6-8H2,1H3,(H2,16,19). The fourth-order valence-corrected chi connectivity index (χ4v) is 2.66. The zero-order valence-electron chi connectivity index (χ0n) is 10.8. The number of nitrogens with zero attached hydrogens (tertiary/aromatic N) is 1. The van der Waals surface area contributed by atoms with Crippen LogP contribution in [0.2, 0.25) is 0 Å². The van der Waals surface area contributed by atoms with Crippen LogP contribution in [0.4, 0.5) is 0 Å². The van der Waals surface area contributed by atoms with Gasteiger partial charge in [-0.1, -0.05) is 28.1 Å². The third kappa shape index (κ3) is 3.22. The second-order valence-corrected chi connectivity index (χ2v) is 5.85. The topological polar surface area (TPSA) is 63.4 Å². The normalized spacial score (nSPS) is 21.3. The summed E-state index contributed by atoms with van der Waals surface area (Å²) in [6.07, 6.45) is 0.743. The van der Waals surface area contributed by atoms with Gasteiger partial charge in [-0.05, 0) is 32.0 Å². The Morgan fingerprint density at radius 3 is 2.53 bits per heavy atom. The van der Waals surface area contributed by atoms with Gasteiger partial charge in [0.2, 0.25) is 5.91 Å². The molecule has 4 nitrogen and oxygen atoms in total. The molecule has 0 aromatic heterocycles. The van der Waals surface area contributed by atoms with E-state index < -0.39 is 0 Å². The smallest absolute Gasteiger partial charge is 0.221 e. The molecule has 5 heteroatoms. The lowest BCUT2D eigenvalue weighted by Gasteiger charge is -2.22. The van der Waals surface area contributed by atoms with Crippen LogP contribution in [-0.4, -0.2) is 35.7 Å². The van der Waals surface area contributed by atoms with E-state index in [4.69, 9.17) is 5.73 Å². The van der Waals surface area contributed by atoms with Crippen molar-refractivity contribution in [3.05, 3.63) is 34.3 Å². The van der Waals surface area contributed by atoms with E-state index in [1.807, 2.05) is 36.1 Å². The van der Waals surface area contributed by atoms with Crippen LogP contribution in [0.5, 0.6) is 0 Å². The van der Waals surface area contributed by atoms with Gasteiger partial charge in [-0.3, -0.25) is 14.5 Å². The molecule has 2 N–H and O–H groups in total. The second-order valence-electron chi connectivity index (χ2n) is 4.93. The Bertz CT molecular complexity index is 487. The first kappa shape index (κ1) is 14.2. The Labute approximate surface area is 121 Å². The summed E-state index contributed by atoms with van der Waals surface area (Å²) in [6, 6.07) is 7.12. The number of nitrogens with two attached hydrogens (primary N) is 1. The highest BCUT2D eigenvalue weighted by atomic mass is 79.9. The van der Waals surface area contributed by atoms with Gasteiger partial charge >= 0.3 is 0 Å². The molecule has 1 saturated heterocycles. The molecular weight excluding hydrogens is 308 g/mol. The molecule has 0 bridgehead atoms. The molecule has 0 saturated carbocycles. The number of primary amides is 1. The van der Waals surface area contributed by atoms with E-state index in [1.165, 1.54) is 0 Å². The lowest BCUT2D eigenvalue weighted by Crippen LogP contribution is -2.38. The molecule has 0 spiro atoms. The number of ketones is 1. The first-order chi connectivity index (χ1) is 8.99. The van der Waals surface area contributed by atoms with E-state index in [9.17, 15) is 9.59 Å². The number of benzene rings is 1. The Morgan fingerprint density at radius 2 is 2.00 bits per heavy atom. The maximum atomic E-state index is 12.3. The van der Waals surface area contributed by atoms with E-state index in [2.05, 4.69) is 15.9 Å². The average molecular weight is 325 g/mol. The van der Waals surface area contributed by atoms with Crippen LogP contribution in [0.25, 0.3) is 0 Å². The number of likely N-dealkylation sites (tertiary alicyclic amines) is 1. The molecule has 1 fully saturated rings. The summed E-state index contributed by atoms with van der Waals surface area (Å²) in [7, 11) is 0. The minimum atomic E-state index is -0.272. The zero-order chi connectivity index (χ0) is 14.0. The Kier molecular flexibility index (Phi) is 4.37. The fourth-order valence-electron chi connectivity index (χ4n) is 2.39. The van der Waals surface area contributed by atoms with Crippen molar-refractivity contribution in [2.45, 2.75) is 19.4 Å². The van der Waals surface area contributed by atoms with E-state index in [-0.39, 0.29) is 23.7 Å². The average Bonchev–Trinajstić information content (AvgIpc) is 2.87. The van der Waals surface area contributed by atoms with Gasteiger partial charge in [0.05, 0.1) is 12.0 Å².